The molecule has 7 nitrogen and oxygen atoms in total. The van der Waals surface area contributed by atoms with Crippen LogP contribution in [0.25, 0.3) is 5.69 Å². The highest BCUT2D eigenvalue weighted by Crippen LogP contribution is 2.24. The Morgan fingerprint density at radius 1 is 1.12 bits per heavy atom. The molecule has 0 atom stereocenters. The van der Waals surface area contributed by atoms with Crippen molar-refractivity contribution < 1.29 is 14.4 Å². The number of imidazole rings is 1. The number of anilines is 1. The van der Waals surface area contributed by atoms with Crippen LogP contribution < -0.4 is 5.32 Å². The number of thioether (sulfide) groups is 2. The molecule has 3 aromatic rings. The molecular weight excluding hydrogens is 444 g/mol. The van der Waals surface area contributed by atoms with Crippen molar-refractivity contribution in [3.8, 4) is 5.69 Å². The average Bonchev–Trinajstić information content (AvgIpc) is 3.35. The van der Waals surface area contributed by atoms with Crippen LogP contribution in [0.1, 0.15) is 16.7 Å². The van der Waals surface area contributed by atoms with Gasteiger partial charge in [-0.05, 0) is 54.8 Å². The van der Waals surface area contributed by atoms with Gasteiger partial charge in [-0.15, -0.1) is 0 Å². The molecule has 0 spiro atoms. The van der Waals surface area contributed by atoms with Crippen LogP contribution in [0.15, 0.2) is 60.0 Å². The van der Waals surface area contributed by atoms with Crippen molar-refractivity contribution in [2.24, 2.45) is 0 Å². The highest BCUT2D eigenvalue weighted by molar-refractivity contribution is 8.14. The number of nitrogens with zero attached hydrogens (tertiary/aromatic N) is 3. The summed E-state index contributed by atoms with van der Waals surface area (Å²) < 4.78 is 1.98. The number of hydrogen-bond acceptors (Lipinski definition) is 6. The minimum absolute atomic E-state index is 0.140. The van der Waals surface area contributed by atoms with Gasteiger partial charge in [0, 0.05) is 23.8 Å². The van der Waals surface area contributed by atoms with Gasteiger partial charge in [0.1, 0.15) is 0 Å². The number of imide groups is 1. The van der Waals surface area contributed by atoms with Crippen LogP contribution in [0.4, 0.5) is 10.5 Å². The monoisotopic (exact) mass is 466 g/mol. The van der Waals surface area contributed by atoms with Crippen LogP contribution in [0, 0.1) is 13.8 Å². The molecule has 0 aliphatic carbocycles. The maximum Gasteiger partial charge on any atom is 0.289 e. The average molecular weight is 467 g/mol. The summed E-state index contributed by atoms with van der Waals surface area (Å²) in [6, 6.07) is 13.4. The van der Waals surface area contributed by atoms with Gasteiger partial charge >= 0.3 is 0 Å². The number of aryl methyl sites for hydroxylation is 2. The van der Waals surface area contributed by atoms with Gasteiger partial charge < -0.3 is 5.32 Å². The lowest BCUT2D eigenvalue weighted by atomic mass is 10.1. The molecule has 2 aromatic carbocycles. The van der Waals surface area contributed by atoms with E-state index in [0.29, 0.717) is 5.69 Å². The van der Waals surface area contributed by atoms with E-state index in [1.54, 1.807) is 30.5 Å². The Bertz CT molecular complexity index is 1140. The van der Waals surface area contributed by atoms with E-state index in [2.05, 4.69) is 42.3 Å². The van der Waals surface area contributed by atoms with E-state index in [9.17, 15) is 14.4 Å². The summed E-state index contributed by atoms with van der Waals surface area (Å²) in [5.41, 5.74) is 4.85. The predicted octanol–water partition coefficient (Wildman–Crippen LogP) is 4.42. The van der Waals surface area contributed by atoms with Crippen molar-refractivity contribution in [3.63, 3.8) is 0 Å². The van der Waals surface area contributed by atoms with E-state index >= 15 is 0 Å². The molecule has 3 amide bonds. The summed E-state index contributed by atoms with van der Waals surface area (Å²) >= 11 is 2.39. The van der Waals surface area contributed by atoms with Gasteiger partial charge in [-0.1, -0.05) is 41.7 Å². The highest BCUT2D eigenvalue weighted by Gasteiger charge is 2.29. The standard InChI is InChI=1S/C23H22N4O3S2/c1-15-9-16(2)11-19(10-15)26-8-7-24-22(26)31-13-20(28)25-18-5-3-17(4-6-18)12-27-21(29)14-32-23(27)30/h3-11H,12-14H2,1-2H3,(H,25,28). The fourth-order valence-corrected chi connectivity index (χ4v) is 4.92. The minimum Gasteiger partial charge on any atom is -0.325 e. The van der Waals surface area contributed by atoms with Gasteiger partial charge in [0.15, 0.2) is 5.16 Å². The molecule has 0 bridgehead atoms. The second-order valence-electron chi connectivity index (χ2n) is 7.49. The van der Waals surface area contributed by atoms with Crippen LogP contribution in [0.3, 0.4) is 0 Å². The molecule has 1 N–H and O–H groups in total. The van der Waals surface area contributed by atoms with E-state index in [1.165, 1.54) is 27.8 Å². The molecule has 0 unspecified atom stereocenters. The number of nitrogens with one attached hydrogen (secondary N) is 1. The summed E-state index contributed by atoms with van der Waals surface area (Å²) in [5, 5.41) is 3.40. The molecule has 2 heterocycles. The second kappa shape index (κ2) is 9.62. The molecule has 32 heavy (non-hydrogen) atoms. The van der Waals surface area contributed by atoms with E-state index in [-0.39, 0.29) is 35.1 Å². The SMILES string of the molecule is Cc1cc(C)cc(-n2ccnc2SCC(=O)Nc2ccc(CN3C(=O)CSC3=O)cc2)c1. The normalized spacial score (nSPS) is 13.6. The Hall–Kier alpha value is -3.04. The molecule has 1 aliphatic rings. The number of rotatable bonds is 7. The number of carbonyl (C=O) groups excluding carboxylic acids is 3. The second-order valence-corrected chi connectivity index (χ2v) is 9.36. The summed E-state index contributed by atoms with van der Waals surface area (Å²) in [7, 11) is 0. The van der Waals surface area contributed by atoms with Crippen LogP contribution in [-0.2, 0) is 16.1 Å². The van der Waals surface area contributed by atoms with E-state index in [0.717, 1.165) is 28.2 Å². The fourth-order valence-electron chi connectivity index (χ4n) is 3.42. The third-order valence-electron chi connectivity index (χ3n) is 4.84. The van der Waals surface area contributed by atoms with Gasteiger partial charge in [0.25, 0.3) is 5.24 Å². The lowest BCUT2D eigenvalue weighted by Gasteiger charge is -2.13. The van der Waals surface area contributed by atoms with Crippen molar-refractivity contribution in [3.05, 3.63) is 71.5 Å². The van der Waals surface area contributed by atoms with Gasteiger partial charge in [-0.2, -0.15) is 0 Å². The van der Waals surface area contributed by atoms with E-state index in [1.807, 2.05) is 10.8 Å². The molecular formula is C23H22N4O3S2. The summed E-state index contributed by atoms with van der Waals surface area (Å²) in [6.07, 6.45) is 3.62. The molecule has 1 saturated heterocycles. The third-order valence-corrected chi connectivity index (χ3v) is 6.67. The van der Waals surface area contributed by atoms with E-state index < -0.39 is 0 Å². The fraction of sp³-hybridized carbons (Fsp3) is 0.217. The van der Waals surface area contributed by atoms with Crippen molar-refractivity contribution in [1.82, 2.24) is 14.5 Å². The molecule has 1 aliphatic heterocycles. The maximum atomic E-state index is 12.4. The molecule has 9 heteroatoms. The number of aromatic nitrogens is 2. The topological polar surface area (TPSA) is 84.3 Å². The lowest BCUT2D eigenvalue weighted by molar-refractivity contribution is -0.125. The van der Waals surface area contributed by atoms with Crippen molar-refractivity contribution in [2.45, 2.75) is 25.5 Å². The molecule has 164 valence electrons. The number of hydrogen-bond donors (Lipinski definition) is 1. The smallest absolute Gasteiger partial charge is 0.289 e. The van der Waals surface area contributed by atoms with Crippen molar-refractivity contribution >= 4 is 46.3 Å². The summed E-state index contributed by atoms with van der Waals surface area (Å²) in [6.45, 7) is 4.35. The first-order chi connectivity index (χ1) is 15.4. The lowest BCUT2D eigenvalue weighted by Crippen LogP contribution is -2.27. The van der Waals surface area contributed by atoms with Crippen LogP contribution >= 0.6 is 23.5 Å². The maximum absolute atomic E-state index is 12.4. The molecule has 1 aromatic heterocycles. The van der Waals surface area contributed by atoms with Crippen LogP contribution in [-0.4, -0.2) is 43.0 Å². The van der Waals surface area contributed by atoms with Crippen molar-refractivity contribution in [2.75, 3.05) is 16.8 Å². The Morgan fingerprint density at radius 2 is 1.84 bits per heavy atom. The summed E-state index contributed by atoms with van der Waals surface area (Å²) in [4.78, 5) is 41.5. The quantitative estimate of drug-likeness (QED) is 0.519. The zero-order valence-electron chi connectivity index (χ0n) is 17.7. The largest absolute Gasteiger partial charge is 0.325 e. The van der Waals surface area contributed by atoms with Crippen LogP contribution in [0.2, 0.25) is 0 Å². The highest BCUT2D eigenvalue weighted by atomic mass is 32.2. The van der Waals surface area contributed by atoms with Gasteiger partial charge in [-0.25, -0.2) is 4.98 Å². The first-order valence-corrected chi connectivity index (χ1v) is 12.0. The Morgan fingerprint density at radius 3 is 2.50 bits per heavy atom. The third kappa shape index (κ3) is 5.23. The minimum atomic E-state index is -0.219. The van der Waals surface area contributed by atoms with Gasteiger partial charge in [0.05, 0.1) is 18.1 Å². The molecule has 4 rings (SSSR count). The first kappa shape index (κ1) is 22.2. The zero-order chi connectivity index (χ0) is 22.7. The Balaban J connectivity index is 1.33. The molecule has 1 fully saturated rings. The Kier molecular flexibility index (Phi) is 6.66. The van der Waals surface area contributed by atoms with Crippen molar-refractivity contribution in [1.29, 1.82) is 0 Å². The first-order valence-electron chi connectivity index (χ1n) is 10.00. The van der Waals surface area contributed by atoms with Crippen LogP contribution in [0.5, 0.6) is 0 Å². The molecule has 0 saturated carbocycles. The number of amides is 3. The van der Waals surface area contributed by atoms with Gasteiger partial charge in [0.2, 0.25) is 11.8 Å². The van der Waals surface area contributed by atoms with E-state index in [4.69, 9.17) is 0 Å². The Labute approximate surface area is 194 Å². The number of carbonyl (C=O) groups is 3. The number of benzene rings is 2. The van der Waals surface area contributed by atoms with Gasteiger partial charge in [-0.3, -0.25) is 23.9 Å². The predicted molar refractivity (Wildman–Crippen MR) is 127 cm³/mol. The summed E-state index contributed by atoms with van der Waals surface area (Å²) in [5.74, 6) is 0.108. The zero-order valence-corrected chi connectivity index (χ0v) is 19.3. The molecule has 0 radical (unpaired) electrons.